The van der Waals surface area contributed by atoms with E-state index in [2.05, 4.69) is 16.0 Å². The van der Waals surface area contributed by atoms with Crippen molar-refractivity contribution in [3.63, 3.8) is 0 Å². The van der Waals surface area contributed by atoms with Crippen LogP contribution in [-0.4, -0.2) is 33.3 Å². The molecule has 0 bridgehead atoms. The van der Waals surface area contributed by atoms with Gasteiger partial charge in [0.15, 0.2) is 11.5 Å². The van der Waals surface area contributed by atoms with Crippen LogP contribution in [0.15, 0.2) is 59.2 Å². The number of benzene rings is 2. The molecule has 0 radical (unpaired) electrons. The van der Waals surface area contributed by atoms with Crippen LogP contribution in [-0.2, 0) is 6.54 Å². The van der Waals surface area contributed by atoms with Gasteiger partial charge in [-0.25, -0.2) is 4.79 Å². The number of methoxy groups -OCH3 is 3. The molecule has 0 saturated heterocycles. The van der Waals surface area contributed by atoms with E-state index in [9.17, 15) is 9.59 Å². The summed E-state index contributed by atoms with van der Waals surface area (Å²) in [7, 11) is 4.46. The fourth-order valence-electron chi connectivity index (χ4n) is 2.81. The smallest absolute Gasteiger partial charge is 0.319 e. The van der Waals surface area contributed by atoms with Crippen molar-refractivity contribution < 1.29 is 28.2 Å². The van der Waals surface area contributed by atoms with E-state index in [0.29, 0.717) is 39.9 Å². The van der Waals surface area contributed by atoms with Crippen molar-refractivity contribution in [3.05, 3.63) is 66.1 Å². The van der Waals surface area contributed by atoms with E-state index >= 15 is 0 Å². The lowest BCUT2D eigenvalue weighted by Gasteiger charge is -2.14. The molecule has 0 unspecified atom stereocenters. The molecule has 3 N–H and O–H groups in total. The predicted octanol–water partition coefficient (Wildman–Crippen LogP) is 3.88. The van der Waals surface area contributed by atoms with Crippen molar-refractivity contribution in [1.29, 1.82) is 0 Å². The van der Waals surface area contributed by atoms with Crippen LogP contribution in [0.5, 0.6) is 17.2 Å². The molecule has 1 heterocycles. The minimum atomic E-state index is -0.370. The van der Waals surface area contributed by atoms with Crippen LogP contribution in [0.1, 0.15) is 16.1 Å². The number of hydrogen-bond donors (Lipinski definition) is 3. The molecule has 0 spiro atoms. The highest BCUT2D eigenvalue weighted by atomic mass is 16.5. The Morgan fingerprint density at radius 3 is 2.00 bits per heavy atom. The molecule has 162 valence electrons. The van der Waals surface area contributed by atoms with Crippen molar-refractivity contribution in [2.75, 3.05) is 32.0 Å². The molecule has 3 aromatic rings. The SMILES string of the molecule is COc1cc(C(=O)Nc2ccc(NC(=O)NCc3ccco3)cc2)cc(OC)c1OC. The van der Waals surface area contributed by atoms with Gasteiger partial charge in [-0.3, -0.25) is 4.79 Å². The van der Waals surface area contributed by atoms with Crippen LogP contribution in [0.2, 0.25) is 0 Å². The van der Waals surface area contributed by atoms with Crippen LogP contribution >= 0.6 is 0 Å². The van der Waals surface area contributed by atoms with E-state index in [1.165, 1.54) is 21.3 Å². The Kier molecular flexibility index (Phi) is 7.00. The molecular formula is C22H23N3O6. The molecule has 31 heavy (non-hydrogen) atoms. The molecule has 1 aromatic heterocycles. The van der Waals surface area contributed by atoms with E-state index < -0.39 is 0 Å². The van der Waals surface area contributed by atoms with E-state index in [4.69, 9.17) is 18.6 Å². The molecule has 3 amide bonds. The Morgan fingerprint density at radius 1 is 0.871 bits per heavy atom. The first-order valence-corrected chi connectivity index (χ1v) is 9.32. The first kappa shape index (κ1) is 21.6. The maximum absolute atomic E-state index is 12.7. The van der Waals surface area contributed by atoms with Gasteiger partial charge in [-0.15, -0.1) is 0 Å². The fourth-order valence-corrected chi connectivity index (χ4v) is 2.81. The van der Waals surface area contributed by atoms with E-state index in [1.807, 2.05) is 0 Å². The average molecular weight is 425 g/mol. The number of rotatable bonds is 8. The van der Waals surface area contributed by atoms with Crippen LogP contribution in [0.3, 0.4) is 0 Å². The fraction of sp³-hybridized carbons (Fsp3) is 0.182. The van der Waals surface area contributed by atoms with E-state index in [1.54, 1.807) is 54.8 Å². The molecule has 0 atom stereocenters. The number of ether oxygens (including phenoxy) is 3. The molecule has 9 heteroatoms. The number of nitrogens with one attached hydrogen (secondary N) is 3. The highest BCUT2D eigenvalue weighted by Crippen LogP contribution is 2.38. The maximum atomic E-state index is 12.7. The molecule has 0 aliphatic heterocycles. The van der Waals surface area contributed by atoms with Crippen molar-refractivity contribution in [3.8, 4) is 17.2 Å². The van der Waals surface area contributed by atoms with Crippen LogP contribution in [0.4, 0.5) is 16.2 Å². The third kappa shape index (κ3) is 5.47. The van der Waals surface area contributed by atoms with E-state index in [-0.39, 0.29) is 18.5 Å². The zero-order valence-corrected chi connectivity index (χ0v) is 17.4. The summed E-state index contributed by atoms with van der Waals surface area (Å²) in [4.78, 5) is 24.6. The Bertz CT molecular complexity index is 1010. The standard InChI is InChI=1S/C22H23N3O6/c1-28-18-11-14(12-19(29-2)20(18)30-3)21(26)24-15-6-8-16(9-7-15)25-22(27)23-13-17-5-4-10-31-17/h4-12H,13H2,1-3H3,(H,24,26)(H2,23,25,27). The molecule has 9 nitrogen and oxygen atoms in total. The largest absolute Gasteiger partial charge is 0.493 e. The Hall–Kier alpha value is -4.14. The molecule has 0 saturated carbocycles. The zero-order chi connectivity index (χ0) is 22.2. The van der Waals surface area contributed by atoms with Gasteiger partial charge in [0, 0.05) is 16.9 Å². The maximum Gasteiger partial charge on any atom is 0.319 e. The Balaban J connectivity index is 1.61. The van der Waals surface area contributed by atoms with Crippen LogP contribution in [0.25, 0.3) is 0 Å². The van der Waals surface area contributed by atoms with Crippen LogP contribution < -0.4 is 30.2 Å². The van der Waals surface area contributed by atoms with Gasteiger partial charge in [0.05, 0.1) is 34.1 Å². The van der Waals surface area contributed by atoms with E-state index in [0.717, 1.165) is 0 Å². The van der Waals surface area contributed by atoms with Gasteiger partial charge in [0.25, 0.3) is 5.91 Å². The number of hydrogen-bond acceptors (Lipinski definition) is 6. The summed E-state index contributed by atoms with van der Waals surface area (Å²) < 4.78 is 21.0. The van der Waals surface area contributed by atoms with Gasteiger partial charge in [0.1, 0.15) is 5.76 Å². The number of furan rings is 1. The quantitative estimate of drug-likeness (QED) is 0.505. The summed E-state index contributed by atoms with van der Waals surface area (Å²) in [6.45, 7) is 0.280. The summed E-state index contributed by atoms with van der Waals surface area (Å²) in [6, 6.07) is 13.0. The van der Waals surface area contributed by atoms with Crippen molar-refractivity contribution >= 4 is 23.3 Å². The number of anilines is 2. The Morgan fingerprint density at radius 2 is 1.48 bits per heavy atom. The van der Waals surface area contributed by atoms with Gasteiger partial charge >= 0.3 is 6.03 Å². The predicted molar refractivity (Wildman–Crippen MR) is 115 cm³/mol. The van der Waals surface area contributed by atoms with Gasteiger partial charge in [-0.2, -0.15) is 0 Å². The topological polar surface area (TPSA) is 111 Å². The van der Waals surface area contributed by atoms with Gasteiger partial charge in [-0.1, -0.05) is 0 Å². The molecule has 0 aliphatic rings. The first-order chi connectivity index (χ1) is 15.0. The normalized spacial score (nSPS) is 10.2. The summed E-state index contributed by atoms with van der Waals surface area (Å²) >= 11 is 0. The number of carbonyl (C=O) groups is 2. The summed E-state index contributed by atoms with van der Waals surface area (Å²) in [5, 5.41) is 8.18. The highest BCUT2D eigenvalue weighted by Gasteiger charge is 2.17. The van der Waals surface area contributed by atoms with Crippen molar-refractivity contribution in [2.24, 2.45) is 0 Å². The molecule has 0 aliphatic carbocycles. The van der Waals surface area contributed by atoms with Gasteiger partial charge in [0.2, 0.25) is 5.75 Å². The molecule has 2 aromatic carbocycles. The second-order valence-electron chi connectivity index (χ2n) is 6.33. The molecule has 3 rings (SSSR count). The second kappa shape index (κ2) is 10.1. The average Bonchev–Trinajstić information content (AvgIpc) is 3.31. The lowest BCUT2D eigenvalue weighted by Crippen LogP contribution is -2.27. The second-order valence-corrected chi connectivity index (χ2v) is 6.33. The number of amides is 3. The lowest BCUT2D eigenvalue weighted by atomic mass is 10.1. The molecular weight excluding hydrogens is 402 g/mol. The highest BCUT2D eigenvalue weighted by molar-refractivity contribution is 6.05. The van der Waals surface area contributed by atoms with Crippen molar-refractivity contribution in [1.82, 2.24) is 5.32 Å². The number of urea groups is 1. The van der Waals surface area contributed by atoms with Crippen molar-refractivity contribution in [2.45, 2.75) is 6.54 Å². The number of carbonyl (C=O) groups excluding carboxylic acids is 2. The molecule has 0 fully saturated rings. The zero-order valence-electron chi connectivity index (χ0n) is 17.4. The third-order valence-electron chi connectivity index (χ3n) is 4.33. The Labute approximate surface area is 179 Å². The minimum Gasteiger partial charge on any atom is -0.493 e. The lowest BCUT2D eigenvalue weighted by molar-refractivity contribution is 0.102. The van der Waals surface area contributed by atoms with Gasteiger partial charge in [-0.05, 0) is 48.5 Å². The monoisotopic (exact) mass is 425 g/mol. The summed E-state index contributed by atoms with van der Waals surface area (Å²) in [6.07, 6.45) is 1.54. The third-order valence-corrected chi connectivity index (χ3v) is 4.33. The minimum absolute atomic E-state index is 0.280. The van der Waals surface area contributed by atoms with Gasteiger partial charge < -0.3 is 34.6 Å². The summed E-state index contributed by atoms with van der Waals surface area (Å²) in [5.74, 6) is 1.47. The summed E-state index contributed by atoms with van der Waals surface area (Å²) in [5.41, 5.74) is 1.47. The van der Waals surface area contributed by atoms with Crippen LogP contribution in [0, 0.1) is 0 Å². The first-order valence-electron chi connectivity index (χ1n) is 9.32.